The van der Waals surface area contributed by atoms with E-state index in [1.165, 1.54) is 19.2 Å². The van der Waals surface area contributed by atoms with E-state index in [0.29, 0.717) is 18.0 Å². The molecule has 2 aromatic rings. The van der Waals surface area contributed by atoms with E-state index in [4.69, 9.17) is 14.6 Å². The number of ether oxygens (including phenoxy) is 1. The average molecular weight is 488 g/mol. The number of alkyl halides is 3. The summed E-state index contributed by atoms with van der Waals surface area (Å²) in [6.07, 6.45) is -3.45. The fourth-order valence-electron chi connectivity index (χ4n) is 2.93. The number of carbonyl (C=O) groups is 2. The molecule has 0 radical (unpaired) electrons. The van der Waals surface area contributed by atoms with Crippen molar-refractivity contribution in [2.24, 2.45) is 0 Å². The van der Waals surface area contributed by atoms with Gasteiger partial charge in [0.2, 0.25) is 5.91 Å². The molecule has 3 N–H and O–H groups in total. The number of likely N-dealkylation sites (N-methyl/N-ethyl adjacent to an activating group) is 1. The van der Waals surface area contributed by atoms with Crippen LogP contribution in [0.5, 0.6) is 5.75 Å². The second-order valence-corrected chi connectivity index (χ2v) is 8.79. The Hall–Kier alpha value is -3.28. The lowest BCUT2D eigenvalue weighted by Crippen LogP contribution is -2.34. The molecule has 12 heteroatoms. The number of nitrogens with one attached hydrogen (secondary N) is 2. The number of hydrogen-bond donors (Lipinski definition) is 3. The molecule has 8 nitrogen and oxygen atoms in total. The number of carbonyl (C=O) groups excluding carboxylic acids is 1. The monoisotopic (exact) mass is 488 g/mol. The van der Waals surface area contributed by atoms with Crippen LogP contribution in [0.4, 0.5) is 18.9 Å². The van der Waals surface area contributed by atoms with Crippen LogP contribution < -0.4 is 14.8 Å². The van der Waals surface area contributed by atoms with Gasteiger partial charge in [-0.2, -0.15) is 13.2 Å². The zero-order valence-electron chi connectivity index (χ0n) is 17.8. The summed E-state index contributed by atoms with van der Waals surface area (Å²) in [6, 6.07) is 13.2. The minimum absolute atomic E-state index is 0.0339. The predicted octanol–water partition coefficient (Wildman–Crippen LogP) is 3.30. The third-order valence-corrected chi connectivity index (χ3v) is 6.22. The molecule has 0 atom stereocenters. The number of sulfonamides is 1. The van der Waals surface area contributed by atoms with Gasteiger partial charge in [0.05, 0.1) is 17.4 Å². The van der Waals surface area contributed by atoms with Gasteiger partial charge >= 0.3 is 12.1 Å². The number of amides is 1. The maximum absolute atomic E-state index is 12.5. The first-order valence-electron chi connectivity index (χ1n) is 9.71. The Kier molecular flexibility index (Phi) is 7.96. The van der Waals surface area contributed by atoms with E-state index in [-0.39, 0.29) is 10.8 Å². The molecule has 1 aliphatic rings. The normalized spacial score (nSPS) is 14.3. The van der Waals surface area contributed by atoms with E-state index >= 15 is 0 Å². The summed E-state index contributed by atoms with van der Waals surface area (Å²) in [4.78, 5) is 21.3. The number of aliphatic carboxylic acids is 1. The summed E-state index contributed by atoms with van der Waals surface area (Å²) >= 11 is 0. The number of carboxylic acid groups (broad SMARTS) is 1. The van der Waals surface area contributed by atoms with Crippen LogP contribution in [-0.2, 0) is 25.0 Å². The van der Waals surface area contributed by atoms with Crippen molar-refractivity contribution in [3.63, 3.8) is 0 Å². The van der Waals surface area contributed by atoms with Crippen LogP contribution in [0.2, 0.25) is 0 Å². The lowest BCUT2D eigenvalue weighted by molar-refractivity contribution is -0.192. The second kappa shape index (κ2) is 10.1. The molecule has 2 aromatic carbocycles. The van der Waals surface area contributed by atoms with Crippen molar-refractivity contribution in [2.75, 3.05) is 18.4 Å². The molecule has 1 aliphatic carbocycles. The Labute approximate surface area is 188 Å². The molecule has 0 spiro atoms. The summed E-state index contributed by atoms with van der Waals surface area (Å²) in [5, 5.41) is 9.99. The molecule has 0 heterocycles. The van der Waals surface area contributed by atoms with Crippen molar-refractivity contribution in [3.05, 3.63) is 54.1 Å². The van der Waals surface area contributed by atoms with E-state index in [0.717, 1.165) is 18.4 Å². The van der Waals surface area contributed by atoms with Crippen LogP contribution in [-0.4, -0.2) is 45.2 Å². The van der Waals surface area contributed by atoms with Crippen molar-refractivity contribution in [1.29, 1.82) is 0 Å². The predicted molar refractivity (Wildman–Crippen MR) is 114 cm³/mol. The Morgan fingerprint density at radius 1 is 1.06 bits per heavy atom. The fraction of sp³-hybridized carbons (Fsp3) is 0.333. The van der Waals surface area contributed by atoms with Gasteiger partial charge in [-0.25, -0.2) is 13.2 Å². The Morgan fingerprint density at radius 2 is 1.58 bits per heavy atom. The Balaban J connectivity index is 0.000000479. The molecule has 1 fully saturated rings. The largest absolute Gasteiger partial charge is 0.497 e. The van der Waals surface area contributed by atoms with Gasteiger partial charge in [-0.05, 0) is 61.7 Å². The molecule has 0 saturated heterocycles. The topological polar surface area (TPSA) is 122 Å². The van der Waals surface area contributed by atoms with Crippen molar-refractivity contribution < 1.29 is 41.0 Å². The number of hydrogen-bond acceptors (Lipinski definition) is 5. The van der Waals surface area contributed by atoms with Crippen LogP contribution in [0.1, 0.15) is 25.3 Å². The van der Waals surface area contributed by atoms with Gasteiger partial charge in [0.1, 0.15) is 5.75 Å². The minimum Gasteiger partial charge on any atom is -0.497 e. The van der Waals surface area contributed by atoms with Crippen molar-refractivity contribution in [2.45, 2.75) is 36.3 Å². The van der Waals surface area contributed by atoms with Crippen molar-refractivity contribution in [3.8, 4) is 5.75 Å². The third-order valence-electron chi connectivity index (χ3n) is 4.82. The number of halogens is 3. The molecule has 180 valence electrons. The van der Waals surface area contributed by atoms with Crippen LogP contribution in [0.25, 0.3) is 0 Å². The zero-order chi connectivity index (χ0) is 24.9. The van der Waals surface area contributed by atoms with Gasteiger partial charge in [0, 0.05) is 12.2 Å². The van der Waals surface area contributed by atoms with Crippen LogP contribution in [0, 0.1) is 0 Å². The fourth-order valence-corrected chi connectivity index (χ4v) is 3.99. The van der Waals surface area contributed by atoms with Gasteiger partial charge < -0.3 is 15.2 Å². The molecule has 33 heavy (non-hydrogen) atoms. The molecule has 3 rings (SSSR count). The zero-order valence-corrected chi connectivity index (χ0v) is 18.6. The van der Waals surface area contributed by atoms with E-state index in [1.807, 2.05) is 19.1 Å². The van der Waals surface area contributed by atoms with Gasteiger partial charge in [-0.15, -0.1) is 0 Å². The van der Waals surface area contributed by atoms with Crippen LogP contribution in [0.15, 0.2) is 53.4 Å². The highest BCUT2D eigenvalue weighted by molar-refractivity contribution is 7.92. The quantitative estimate of drug-likeness (QED) is 0.550. The smallest absolute Gasteiger partial charge is 0.490 e. The highest BCUT2D eigenvalue weighted by Crippen LogP contribution is 2.48. The molecule has 0 bridgehead atoms. The number of anilines is 1. The van der Waals surface area contributed by atoms with Gasteiger partial charge in [-0.3, -0.25) is 9.52 Å². The molecule has 1 saturated carbocycles. The van der Waals surface area contributed by atoms with E-state index in [9.17, 15) is 26.4 Å². The lowest BCUT2D eigenvalue weighted by atomic mass is 9.95. The minimum atomic E-state index is -5.08. The molecule has 0 aromatic heterocycles. The van der Waals surface area contributed by atoms with Gasteiger partial charge in [0.25, 0.3) is 10.0 Å². The third kappa shape index (κ3) is 6.60. The first-order valence-corrected chi connectivity index (χ1v) is 11.2. The molecular weight excluding hydrogens is 465 g/mol. The second-order valence-electron chi connectivity index (χ2n) is 7.10. The Morgan fingerprint density at radius 3 is 1.97 bits per heavy atom. The SMILES string of the molecule is CCNC(=O)C1(c2ccc(NS(=O)(=O)c3ccc(OC)cc3)cc2)CC1.O=C(O)C(F)(F)F. The number of rotatable bonds is 7. The number of methoxy groups -OCH3 is 1. The lowest BCUT2D eigenvalue weighted by Gasteiger charge is -2.16. The number of carboxylic acids is 1. The summed E-state index contributed by atoms with van der Waals surface area (Å²) in [7, 11) is -2.16. The van der Waals surface area contributed by atoms with Gasteiger partial charge in [0.15, 0.2) is 0 Å². The maximum atomic E-state index is 12.5. The molecule has 0 unspecified atom stereocenters. The summed E-state index contributed by atoms with van der Waals surface area (Å²) in [5.41, 5.74) is 0.913. The van der Waals surface area contributed by atoms with Crippen molar-refractivity contribution >= 4 is 27.6 Å². The van der Waals surface area contributed by atoms with E-state index < -0.39 is 27.6 Å². The standard InChI is InChI=1S/C19H22N2O4S.C2HF3O2/c1-3-20-18(22)19(12-13-19)14-4-6-15(7-5-14)21-26(23,24)17-10-8-16(25-2)9-11-17;3-2(4,5)1(6)7/h4-11,21H,3,12-13H2,1-2H3,(H,20,22);(H,6,7). The van der Waals surface area contributed by atoms with Crippen molar-refractivity contribution in [1.82, 2.24) is 5.32 Å². The highest BCUT2D eigenvalue weighted by atomic mass is 32.2. The Bertz CT molecular complexity index is 1080. The summed E-state index contributed by atoms with van der Waals surface area (Å²) in [6.45, 7) is 2.49. The number of benzene rings is 2. The van der Waals surface area contributed by atoms with Gasteiger partial charge in [-0.1, -0.05) is 12.1 Å². The van der Waals surface area contributed by atoms with Crippen LogP contribution in [0.3, 0.4) is 0 Å². The highest BCUT2D eigenvalue weighted by Gasteiger charge is 2.50. The first kappa shape index (κ1) is 26.0. The average Bonchev–Trinajstić information content (AvgIpc) is 3.56. The van der Waals surface area contributed by atoms with E-state index in [1.54, 1.807) is 24.3 Å². The molecular formula is C21H23F3N2O6S. The summed E-state index contributed by atoms with van der Waals surface area (Å²) in [5.74, 6) is -2.13. The maximum Gasteiger partial charge on any atom is 0.490 e. The summed E-state index contributed by atoms with van der Waals surface area (Å²) < 4.78 is 64.3. The van der Waals surface area contributed by atoms with Crippen LogP contribution >= 0.6 is 0 Å². The first-order chi connectivity index (χ1) is 15.4. The molecule has 0 aliphatic heterocycles. The van der Waals surface area contributed by atoms with E-state index in [2.05, 4.69) is 10.0 Å². The molecule has 1 amide bonds.